The van der Waals surface area contributed by atoms with Crippen molar-refractivity contribution in [3.8, 4) is 5.75 Å². The zero-order valence-electron chi connectivity index (χ0n) is 8.65. The number of aromatic hydroxyl groups is 1. The van der Waals surface area contributed by atoms with Gasteiger partial charge < -0.3 is 19.7 Å². The molecule has 0 radical (unpaired) electrons. The number of halogens is 3. The van der Waals surface area contributed by atoms with Crippen molar-refractivity contribution in [2.75, 3.05) is 6.61 Å². The summed E-state index contributed by atoms with van der Waals surface area (Å²) in [6.07, 6.45) is 0. The average Bonchev–Trinajstić information content (AvgIpc) is 2.29. The van der Waals surface area contributed by atoms with Gasteiger partial charge in [0.15, 0.2) is 6.61 Å². The quantitative estimate of drug-likeness (QED) is 0.617. The molecule has 0 heterocycles. The second kappa shape index (κ2) is 5.46. The van der Waals surface area contributed by atoms with Crippen LogP contribution in [0.2, 0.25) is 0 Å². The third-order valence-corrected chi connectivity index (χ3v) is 2.53. The molecule has 0 aromatic heterocycles. The number of carbonyl (C=O) groups is 2. The first-order chi connectivity index (χ1) is 8.24. The number of hydrogen-bond acceptors (Lipinski definition) is 5. The maximum atomic E-state index is 12.6. The highest BCUT2D eigenvalue weighted by atomic mass is 127. The van der Waals surface area contributed by atoms with Crippen molar-refractivity contribution >= 4 is 34.5 Å². The van der Waals surface area contributed by atoms with Crippen molar-refractivity contribution in [1.82, 2.24) is 0 Å². The summed E-state index contributed by atoms with van der Waals surface area (Å²) in [7, 11) is 0. The molecule has 1 N–H and O–H groups in total. The van der Waals surface area contributed by atoms with E-state index in [1.807, 2.05) is 22.6 Å². The van der Waals surface area contributed by atoms with Crippen LogP contribution in [-0.4, -0.2) is 29.6 Å². The van der Waals surface area contributed by atoms with E-state index in [-0.39, 0.29) is 5.56 Å². The van der Waals surface area contributed by atoms with Gasteiger partial charge in [-0.3, -0.25) is 0 Å². The van der Waals surface area contributed by atoms with Crippen molar-refractivity contribution in [3.63, 3.8) is 0 Å². The van der Waals surface area contributed by atoms with E-state index in [1.165, 1.54) is 18.2 Å². The summed E-state index contributed by atoms with van der Waals surface area (Å²) < 4.78 is 29.9. The number of esters is 1. The zero-order valence-corrected chi connectivity index (χ0v) is 10.8. The van der Waals surface area contributed by atoms with Crippen molar-refractivity contribution in [3.05, 3.63) is 27.3 Å². The average molecular weight is 371 g/mol. The van der Waals surface area contributed by atoms with Crippen LogP contribution in [0.15, 0.2) is 18.2 Å². The molecule has 1 aromatic rings. The standard InChI is InChI=1S/C10H7F2IO5/c11-10(12,9(16)17)4-18-8(15)6-3-5(13)1-2-7(6)14/h1-3,14H,4H2,(H,16,17)/p-1. The third kappa shape index (κ3) is 3.52. The number of carboxylic acids is 1. The predicted octanol–water partition coefficient (Wildman–Crippen LogP) is 0.539. The Morgan fingerprint density at radius 2 is 2.06 bits per heavy atom. The Balaban J connectivity index is 2.78. The molecule has 8 heteroatoms. The Hall–Kier alpha value is -1.45. The summed E-state index contributed by atoms with van der Waals surface area (Å²) in [6.45, 7) is -1.65. The Morgan fingerprint density at radius 3 is 2.61 bits per heavy atom. The van der Waals surface area contributed by atoms with E-state index >= 15 is 0 Å². The van der Waals surface area contributed by atoms with E-state index < -0.39 is 30.2 Å². The van der Waals surface area contributed by atoms with Gasteiger partial charge in [0.05, 0.1) is 0 Å². The van der Waals surface area contributed by atoms with E-state index in [9.17, 15) is 28.6 Å². The van der Waals surface area contributed by atoms with Crippen LogP contribution in [0.25, 0.3) is 0 Å². The first kappa shape index (κ1) is 14.6. The third-order valence-electron chi connectivity index (χ3n) is 1.86. The minimum Gasteiger partial charge on any atom is -0.544 e. The van der Waals surface area contributed by atoms with Gasteiger partial charge in [0, 0.05) is 3.57 Å². The minimum absolute atomic E-state index is 0.323. The highest BCUT2D eigenvalue weighted by Crippen LogP contribution is 2.21. The fraction of sp³-hybridized carbons (Fsp3) is 0.200. The number of phenolic OH excluding ortho intramolecular Hbond substituents is 1. The lowest BCUT2D eigenvalue weighted by Gasteiger charge is -2.17. The number of ether oxygens (including phenoxy) is 1. The largest absolute Gasteiger partial charge is 0.544 e. The summed E-state index contributed by atoms with van der Waals surface area (Å²) in [5.74, 6) is -8.60. The molecule has 1 rings (SSSR count). The number of aliphatic carboxylic acids is 1. The number of hydrogen-bond donors (Lipinski definition) is 1. The molecule has 1 aromatic carbocycles. The van der Waals surface area contributed by atoms with Crippen LogP contribution >= 0.6 is 22.6 Å². The fourth-order valence-electron chi connectivity index (χ4n) is 0.965. The van der Waals surface area contributed by atoms with Gasteiger partial charge in [-0.25, -0.2) is 4.79 Å². The van der Waals surface area contributed by atoms with Gasteiger partial charge in [-0.2, -0.15) is 8.78 Å². The normalized spacial score (nSPS) is 11.1. The van der Waals surface area contributed by atoms with Crippen LogP contribution in [0, 0.1) is 3.57 Å². The summed E-state index contributed by atoms with van der Waals surface area (Å²) >= 11 is 1.84. The number of rotatable bonds is 4. The lowest BCUT2D eigenvalue weighted by atomic mass is 10.2. The van der Waals surface area contributed by atoms with Crippen LogP contribution in [0.1, 0.15) is 10.4 Å². The number of phenols is 1. The Labute approximate surface area is 114 Å². The van der Waals surface area contributed by atoms with Gasteiger partial charge in [0.1, 0.15) is 17.3 Å². The maximum Gasteiger partial charge on any atom is 0.342 e. The summed E-state index contributed by atoms with van der Waals surface area (Å²) in [4.78, 5) is 21.3. The van der Waals surface area contributed by atoms with Crippen LogP contribution < -0.4 is 5.11 Å². The Kier molecular flexibility index (Phi) is 4.43. The monoisotopic (exact) mass is 371 g/mol. The van der Waals surface area contributed by atoms with Crippen molar-refractivity contribution in [2.45, 2.75) is 5.92 Å². The fourth-order valence-corrected chi connectivity index (χ4v) is 1.46. The molecule has 5 nitrogen and oxygen atoms in total. The van der Waals surface area contributed by atoms with Gasteiger partial charge in [-0.1, -0.05) is 0 Å². The van der Waals surface area contributed by atoms with Crippen molar-refractivity contribution in [2.24, 2.45) is 0 Å². The van der Waals surface area contributed by atoms with Gasteiger partial charge >= 0.3 is 11.9 Å². The second-order valence-corrected chi connectivity index (χ2v) is 4.48. The Morgan fingerprint density at radius 1 is 1.44 bits per heavy atom. The van der Waals surface area contributed by atoms with Crippen molar-refractivity contribution < 1.29 is 33.3 Å². The SMILES string of the molecule is O=C(OCC(F)(F)C(=O)[O-])c1cc(I)ccc1O. The highest BCUT2D eigenvalue weighted by molar-refractivity contribution is 14.1. The molecular weight excluding hydrogens is 365 g/mol. The van der Waals surface area contributed by atoms with E-state index in [0.29, 0.717) is 3.57 Å². The number of carboxylic acid groups (broad SMARTS) is 1. The molecule has 0 aliphatic carbocycles. The minimum atomic E-state index is -4.27. The molecule has 0 aliphatic heterocycles. The summed E-state index contributed by atoms with van der Waals surface area (Å²) in [5.41, 5.74) is -0.323. The molecule has 0 saturated heterocycles. The lowest BCUT2D eigenvalue weighted by molar-refractivity contribution is -0.331. The van der Waals surface area contributed by atoms with E-state index in [4.69, 9.17) is 0 Å². The Bertz CT molecular complexity index is 489. The second-order valence-electron chi connectivity index (χ2n) is 3.23. The molecular formula is C10H6F2IO5-. The molecule has 0 amide bonds. The topological polar surface area (TPSA) is 86.7 Å². The zero-order chi connectivity index (χ0) is 13.9. The first-order valence-corrected chi connectivity index (χ1v) is 5.57. The van der Waals surface area contributed by atoms with Gasteiger partial charge in [0.2, 0.25) is 0 Å². The van der Waals surface area contributed by atoms with Crippen LogP contribution in [0.4, 0.5) is 8.78 Å². The molecule has 0 spiro atoms. The molecule has 0 saturated carbocycles. The molecule has 18 heavy (non-hydrogen) atoms. The highest BCUT2D eigenvalue weighted by Gasteiger charge is 2.33. The maximum absolute atomic E-state index is 12.6. The van der Waals surface area contributed by atoms with Crippen molar-refractivity contribution in [1.29, 1.82) is 0 Å². The van der Waals surface area contributed by atoms with E-state index in [1.54, 1.807) is 0 Å². The molecule has 98 valence electrons. The molecule has 0 unspecified atom stereocenters. The number of benzene rings is 1. The lowest BCUT2D eigenvalue weighted by Crippen LogP contribution is -2.45. The van der Waals surface area contributed by atoms with Crippen LogP contribution in [-0.2, 0) is 9.53 Å². The molecule has 0 aliphatic rings. The van der Waals surface area contributed by atoms with Gasteiger partial charge in [-0.15, -0.1) is 0 Å². The van der Waals surface area contributed by atoms with Crippen LogP contribution in [0.5, 0.6) is 5.75 Å². The van der Waals surface area contributed by atoms with Gasteiger partial charge in [-0.05, 0) is 40.8 Å². The summed E-state index contributed by atoms with van der Waals surface area (Å²) in [5, 5.41) is 19.3. The van der Waals surface area contributed by atoms with E-state index in [2.05, 4.69) is 4.74 Å². The molecule has 0 bridgehead atoms. The van der Waals surface area contributed by atoms with Crippen LogP contribution in [0.3, 0.4) is 0 Å². The smallest absolute Gasteiger partial charge is 0.342 e. The number of carbonyl (C=O) groups excluding carboxylic acids is 2. The predicted molar refractivity (Wildman–Crippen MR) is 61.1 cm³/mol. The number of alkyl halides is 2. The molecule has 0 fully saturated rings. The first-order valence-electron chi connectivity index (χ1n) is 4.49. The molecule has 0 atom stereocenters. The van der Waals surface area contributed by atoms with E-state index in [0.717, 1.165) is 0 Å². The van der Waals surface area contributed by atoms with Gasteiger partial charge in [0.25, 0.3) is 0 Å². The summed E-state index contributed by atoms with van der Waals surface area (Å²) in [6, 6.07) is 3.90.